The number of ether oxygens (including phenoxy) is 1. The number of nitrogens with zero attached hydrogens (tertiary/aromatic N) is 2. The van der Waals surface area contributed by atoms with Gasteiger partial charge in [-0.15, -0.1) is 0 Å². The first-order chi connectivity index (χ1) is 14.5. The van der Waals surface area contributed by atoms with Crippen LogP contribution in [0.3, 0.4) is 0 Å². The molecule has 1 aliphatic heterocycles. The van der Waals surface area contributed by atoms with E-state index in [1.165, 1.54) is 18.2 Å². The van der Waals surface area contributed by atoms with Crippen molar-refractivity contribution in [3.63, 3.8) is 0 Å². The second kappa shape index (κ2) is 8.44. The lowest BCUT2D eigenvalue weighted by atomic mass is 10.1. The van der Waals surface area contributed by atoms with Gasteiger partial charge in [-0.3, -0.25) is 14.2 Å². The Balaban J connectivity index is 1.34. The van der Waals surface area contributed by atoms with Crippen molar-refractivity contribution in [2.24, 2.45) is 0 Å². The summed E-state index contributed by atoms with van der Waals surface area (Å²) in [4.78, 5) is 41.1. The lowest BCUT2D eigenvalue weighted by Crippen LogP contribution is -2.30. The number of hydrogen-bond acceptors (Lipinski definition) is 5. The Hall–Kier alpha value is -3.55. The normalized spacial score (nSPS) is 12.6. The van der Waals surface area contributed by atoms with Crippen LogP contribution in [0, 0.1) is 5.82 Å². The zero-order valence-electron chi connectivity index (χ0n) is 16.2. The summed E-state index contributed by atoms with van der Waals surface area (Å²) >= 11 is 0. The first-order valence-electron chi connectivity index (χ1n) is 9.73. The van der Waals surface area contributed by atoms with Crippen LogP contribution in [0.15, 0.2) is 47.3 Å². The smallest absolute Gasteiger partial charge is 0.338 e. The van der Waals surface area contributed by atoms with Crippen molar-refractivity contribution in [2.75, 3.05) is 13.2 Å². The molecular formula is C22H20FN3O4. The number of halogens is 1. The van der Waals surface area contributed by atoms with Gasteiger partial charge in [-0.25, -0.2) is 14.2 Å². The van der Waals surface area contributed by atoms with Crippen LogP contribution in [-0.4, -0.2) is 34.6 Å². The zero-order valence-corrected chi connectivity index (χ0v) is 16.2. The molecule has 8 heteroatoms. The van der Waals surface area contributed by atoms with Gasteiger partial charge < -0.3 is 10.1 Å². The number of hydrogen-bond donors (Lipinski definition) is 1. The number of carbonyl (C=O) groups excluding carboxylic acids is 2. The predicted molar refractivity (Wildman–Crippen MR) is 108 cm³/mol. The van der Waals surface area contributed by atoms with Crippen LogP contribution in [0.2, 0.25) is 0 Å². The molecule has 0 radical (unpaired) electrons. The van der Waals surface area contributed by atoms with Crippen LogP contribution in [0.4, 0.5) is 4.39 Å². The summed E-state index contributed by atoms with van der Waals surface area (Å²) in [5.41, 5.74) is 1.05. The van der Waals surface area contributed by atoms with Gasteiger partial charge in [0.1, 0.15) is 11.6 Å². The lowest BCUT2D eigenvalue weighted by molar-refractivity contribution is -0.124. The molecule has 4 rings (SSSR count). The van der Waals surface area contributed by atoms with E-state index < -0.39 is 18.5 Å². The Morgan fingerprint density at radius 1 is 1.20 bits per heavy atom. The summed E-state index contributed by atoms with van der Waals surface area (Å²) in [6.07, 6.45) is 1.94. The monoisotopic (exact) mass is 409 g/mol. The average molecular weight is 409 g/mol. The Morgan fingerprint density at radius 2 is 2.03 bits per heavy atom. The molecule has 0 fully saturated rings. The molecular weight excluding hydrogens is 389 g/mol. The van der Waals surface area contributed by atoms with Crippen LogP contribution in [0.5, 0.6) is 0 Å². The summed E-state index contributed by atoms with van der Waals surface area (Å²) in [5, 5.41) is 3.04. The molecule has 1 aliphatic rings. The summed E-state index contributed by atoms with van der Waals surface area (Å²) in [6.45, 7) is 0.438. The minimum atomic E-state index is -0.677. The van der Waals surface area contributed by atoms with Crippen molar-refractivity contribution in [3.05, 3.63) is 75.6 Å². The molecule has 0 atom stereocenters. The van der Waals surface area contributed by atoms with Crippen molar-refractivity contribution >= 4 is 22.8 Å². The fourth-order valence-corrected chi connectivity index (χ4v) is 3.51. The molecule has 0 saturated heterocycles. The molecule has 3 aromatic rings. The average Bonchev–Trinajstić information content (AvgIpc) is 3.22. The van der Waals surface area contributed by atoms with Crippen molar-refractivity contribution in [1.29, 1.82) is 0 Å². The molecule has 1 amide bonds. The highest BCUT2D eigenvalue weighted by atomic mass is 19.1. The molecule has 0 unspecified atom stereocenters. The van der Waals surface area contributed by atoms with E-state index in [1.54, 1.807) is 28.8 Å². The van der Waals surface area contributed by atoms with E-state index in [9.17, 15) is 18.8 Å². The van der Waals surface area contributed by atoms with Gasteiger partial charge in [-0.2, -0.15) is 0 Å². The van der Waals surface area contributed by atoms with Gasteiger partial charge in [-0.05, 0) is 42.7 Å². The summed E-state index contributed by atoms with van der Waals surface area (Å²) < 4.78 is 20.3. The number of benzene rings is 2. The van der Waals surface area contributed by atoms with Gasteiger partial charge in [-0.1, -0.05) is 18.2 Å². The molecule has 30 heavy (non-hydrogen) atoms. The number of rotatable bonds is 6. The maximum absolute atomic E-state index is 13.6. The number of aryl methyl sites for hydroxylation is 1. The molecule has 2 heterocycles. The van der Waals surface area contributed by atoms with E-state index in [-0.39, 0.29) is 23.5 Å². The predicted octanol–water partition coefficient (Wildman–Crippen LogP) is 2.00. The van der Waals surface area contributed by atoms with Crippen molar-refractivity contribution < 1.29 is 18.7 Å². The first kappa shape index (κ1) is 19.8. The molecule has 0 spiro atoms. The van der Waals surface area contributed by atoms with E-state index in [0.717, 1.165) is 12.8 Å². The first-order valence-corrected chi connectivity index (χ1v) is 9.73. The van der Waals surface area contributed by atoms with Gasteiger partial charge in [0.2, 0.25) is 0 Å². The van der Waals surface area contributed by atoms with E-state index >= 15 is 0 Å². The van der Waals surface area contributed by atoms with Crippen LogP contribution >= 0.6 is 0 Å². The molecule has 0 bridgehead atoms. The Bertz CT molecular complexity index is 1190. The quantitative estimate of drug-likeness (QED) is 0.629. The molecule has 2 aromatic carbocycles. The van der Waals surface area contributed by atoms with E-state index in [1.807, 2.05) is 0 Å². The number of nitrogens with one attached hydrogen (secondary N) is 1. The third kappa shape index (κ3) is 4.07. The third-order valence-electron chi connectivity index (χ3n) is 5.06. The summed E-state index contributed by atoms with van der Waals surface area (Å²) in [6, 6.07) is 10.9. The lowest BCUT2D eigenvalue weighted by Gasteiger charge is -2.08. The van der Waals surface area contributed by atoms with E-state index in [4.69, 9.17) is 4.74 Å². The largest absolute Gasteiger partial charge is 0.452 e. The number of fused-ring (bicyclic) bond motifs is 2. The fraction of sp³-hybridized carbons (Fsp3) is 0.273. The van der Waals surface area contributed by atoms with Gasteiger partial charge in [0.15, 0.2) is 6.61 Å². The van der Waals surface area contributed by atoms with E-state index in [2.05, 4.69) is 10.3 Å². The number of esters is 1. The second-order valence-electron chi connectivity index (χ2n) is 7.09. The highest BCUT2D eigenvalue weighted by Gasteiger charge is 2.18. The summed E-state index contributed by atoms with van der Waals surface area (Å²) in [7, 11) is 0. The Morgan fingerprint density at radius 3 is 2.87 bits per heavy atom. The topological polar surface area (TPSA) is 90.3 Å². The highest BCUT2D eigenvalue weighted by Crippen LogP contribution is 2.16. The molecule has 0 aliphatic carbocycles. The fourth-order valence-electron chi connectivity index (χ4n) is 3.51. The van der Waals surface area contributed by atoms with Crippen LogP contribution < -0.4 is 10.9 Å². The second-order valence-corrected chi connectivity index (χ2v) is 7.09. The molecule has 0 saturated carbocycles. The SMILES string of the molecule is O=C(COC(=O)c1ccc2c(=O)n3c(nc2c1)CCC3)NCCc1ccccc1F. The zero-order chi connectivity index (χ0) is 21.1. The summed E-state index contributed by atoms with van der Waals surface area (Å²) in [5.74, 6) is -0.765. The maximum atomic E-state index is 13.6. The number of amides is 1. The minimum Gasteiger partial charge on any atom is -0.452 e. The van der Waals surface area contributed by atoms with E-state index in [0.29, 0.717) is 35.3 Å². The van der Waals surface area contributed by atoms with Crippen LogP contribution in [0.1, 0.15) is 28.2 Å². The molecule has 1 aromatic heterocycles. The van der Waals surface area contributed by atoms with Gasteiger partial charge in [0.05, 0.1) is 16.5 Å². The molecule has 154 valence electrons. The number of aromatic nitrogens is 2. The van der Waals surface area contributed by atoms with Gasteiger partial charge in [0, 0.05) is 19.5 Å². The van der Waals surface area contributed by atoms with Crippen molar-refractivity contribution in [2.45, 2.75) is 25.8 Å². The van der Waals surface area contributed by atoms with Crippen molar-refractivity contribution in [3.8, 4) is 0 Å². The molecule has 1 N–H and O–H groups in total. The third-order valence-corrected chi connectivity index (χ3v) is 5.06. The maximum Gasteiger partial charge on any atom is 0.338 e. The minimum absolute atomic E-state index is 0.110. The standard InChI is InChI=1S/C22H20FN3O4/c23-17-5-2-1-4-14(17)9-10-24-20(27)13-30-22(29)15-7-8-16-18(12-15)25-19-6-3-11-26(19)21(16)28/h1-2,4-5,7-8,12H,3,6,9-11,13H2,(H,24,27). The number of carbonyl (C=O) groups is 2. The Kier molecular flexibility index (Phi) is 5.56. The van der Waals surface area contributed by atoms with Crippen molar-refractivity contribution in [1.82, 2.24) is 14.9 Å². The van der Waals surface area contributed by atoms with Crippen LogP contribution in [0.25, 0.3) is 10.9 Å². The Labute approximate surface area is 171 Å². The van der Waals surface area contributed by atoms with Gasteiger partial charge >= 0.3 is 5.97 Å². The highest BCUT2D eigenvalue weighted by molar-refractivity contribution is 5.95. The van der Waals surface area contributed by atoms with Gasteiger partial charge in [0.25, 0.3) is 11.5 Å². The van der Waals surface area contributed by atoms with Crippen LogP contribution in [-0.2, 0) is 28.9 Å². The molecule has 7 nitrogen and oxygen atoms in total.